The number of para-hydroxylation sites is 1. The van der Waals surface area contributed by atoms with E-state index in [9.17, 15) is 18.0 Å². The lowest BCUT2D eigenvalue weighted by atomic mass is 10.1. The first kappa shape index (κ1) is 29.5. The summed E-state index contributed by atoms with van der Waals surface area (Å²) in [5.74, 6) is -0.164. The van der Waals surface area contributed by atoms with Gasteiger partial charge in [-0.25, -0.2) is 9.98 Å². The molecule has 41 heavy (non-hydrogen) atoms. The molecule has 3 aromatic carbocycles. The molecule has 1 unspecified atom stereocenters. The van der Waals surface area contributed by atoms with Crippen LogP contribution in [-0.2, 0) is 11.2 Å². The number of nitrogens with zero attached hydrogens (tertiary/aromatic N) is 5. The average Bonchev–Trinajstić information content (AvgIpc) is 3.22. The van der Waals surface area contributed by atoms with Gasteiger partial charge in [0.05, 0.1) is 22.8 Å². The number of carbonyl (C=O) groups excluding carboxylic acids is 1. The summed E-state index contributed by atoms with van der Waals surface area (Å²) >= 11 is 1.37. The summed E-state index contributed by atoms with van der Waals surface area (Å²) in [5, 5.41) is 8.84. The van der Waals surface area contributed by atoms with Gasteiger partial charge >= 0.3 is 6.36 Å². The number of benzene rings is 3. The number of amidine groups is 2. The van der Waals surface area contributed by atoms with Crippen LogP contribution >= 0.6 is 11.8 Å². The molecule has 8 nitrogen and oxygen atoms in total. The maximum atomic E-state index is 12.9. The maximum Gasteiger partial charge on any atom is 0.573 e. The first-order valence-electron chi connectivity index (χ1n) is 12.7. The van der Waals surface area contributed by atoms with E-state index in [4.69, 9.17) is 5.73 Å². The van der Waals surface area contributed by atoms with Gasteiger partial charge in [-0.05, 0) is 54.8 Å². The van der Waals surface area contributed by atoms with Gasteiger partial charge in [-0.15, -0.1) is 18.3 Å². The molecule has 1 fully saturated rings. The van der Waals surface area contributed by atoms with E-state index < -0.39 is 6.36 Å². The van der Waals surface area contributed by atoms with Crippen LogP contribution in [0.25, 0.3) is 0 Å². The van der Waals surface area contributed by atoms with Gasteiger partial charge < -0.3 is 10.5 Å². The van der Waals surface area contributed by atoms with Crippen LogP contribution < -0.4 is 15.4 Å². The van der Waals surface area contributed by atoms with Crippen LogP contribution in [0.15, 0.2) is 93.0 Å². The van der Waals surface area contributed by atoms with Gasteiger partial charge in [-0.2, -0.15) is 5.10 Å². The Morgan fingerprint density at radius 1 is 1.07 bits per heavy atom. The molecule has 12 heteroatoms. The van der Waals surface area contributed by atoms with E-state index in [1.54, 1.807) is 35.4 Å². The molecule has 0 bridgehead atoms. The molecule has 0 aromatic heterocycles. The zero-order valence-electron chi connectivity index (χ0n) is 22.2. The number of hydrogen-bond acceptors (Lipinski definition) is 6. The number of alkyl halides is 3. The van der Waals surface area contributed by atoms with E-state index in [0.717, 1.165) is 41.8 Å². The summed E-state index contributed by atoms with van der Waals surface area (Å²) in [4.78, 5) is 22.7. The highest BCUT2D eigenvalue weighted by Crippen LogP contribution is 2.34. The Kier molecular flexibility index (Phi) is 9.56. The largest absolute Gasteiger partial charge is 0.573 e. The second-order valence-electron chi connectivity index (χ2n) is 8.86. The first-order chi connectivity index (χ1) is 19.6. The summed E-state index contributed by atoms with van der Waals surface area (Å²) in [6.07, 6.45) is -0.139. The van der Waals surface area contributed by atoms with E-state index in [1.165, 1.54) is 30.2 Å². The molecule has 1 amide bonds. The van der Waals surface area contributed by atoms with Crippen LogP contribution in [0.1, 0.15) is 37.0 Å². The summed E-state index contributed by atoms with van der Waals surface area (Å²) in [6, 6.07) is 20.0. The molecule has 4 rings (SSSR count). The van der Waals surface area contributed by atoms with Crippen LogP contribution in [0.4, 0.5) is 24.5 Å². The lowest BCUT2D eigenvalue weighted by molar-refractivity contribution is -0.274. The Morgan fingerprint density at radius 2 is 1.78 bits per heavy atom. The number of ether oxygens (including phenoxy) is 1. The number of halogens is 3. The van der Waals surface area contributed by atoms with Gasteiger partial charge in [0, 0.05) is 5.56 Å². The van der Waals surface area contributed by atoms with Gasteiger partial charge in [0.25, 0.3) is 0 Å². The quantitative estimate of drug-likeness (QED) is 0.178. The van der Waals surface area contributed by atoms with Crippen LogP contribution in [0.5, 0.6) is 5.75 Å². The number of rotatable bonds is 9. The molecule has 0 saturated carbocycles. The number of thioether (sulfide) groups is 1. The summed E-state index contributed by atoms with van der Waals surface area (Å²) in [7, 11) is 0. The minimum Gasteiger partial charge on any atom is -0.406 e. The normalized spacial score (nSPS) is 17.3. The number of hydrogen-bond donors (Lipinski definition) is 1. The molecular weight excluding hydrogens is 553 g/mol. The third kappa shape index (κ3) is 8.04. The monoisotopic (exact) mass is 580 g/mol. The van der Waals surface area contributed by atoms with Crippen molar-refractivity contribution in [2.75, 3.05) is 4.90 Å². The summed E-state index contributed by atoms with van der Waals surface area (Å²) in [5.41, 5.74) is 9.74. The Labute approximate surface area is 239 Å². The lowest BCUT2D eigenvalue weighted by Gasteiger charge is -2.19. The van der Waals surface area contributed by atoms with Crippen LogP contribution in [0.2, 0.25) is 0 Å². The van der Waals surface area contributed by atoms with E-state index in [0.29, 0.717) is 16.4 Å². The highest BCUT2D eigenvalue weighted by Gasteiger charge is 2.37. The van der Waals surface area contributed by atoms with Crippen molar-refractivity contribution in [3.63, 3.8) is 0 Å². The molecule has 0 spiro atoms. The second kappa shape index (κ2) is 13.3. The van der Waals surface area contributed by atoms with Crippen molar-refractivity contribution in [3.8, 4) is 5.75 Å². The van der Waals surface area contributed by atoms with Crippen molar-refractivity contribution < 1.29 is 22.7 Å². The van der Waals surface area contributed by atoms with Crippen LogP contribution in [-0.4, -0.2) is 41.1 Å². The van der Waals surface area contributed by atoms with Crippen LogP contribution in [0, 0.1) is 0 Å². The Hall–Kier alpha value is -4.45. The molecule has 1 heterocycles. The van der Waals surface area contributed by atoms with Crippen molar-refractivity contribution in [1.82, 2.24) is 0 Å². The Bertz CT molecular complexity index is 1490. The zero-order chi connectivity index (χ0) is 29.4. The first-order valence-corrected chi connectivity index (χ1v) is 13.5. The van der Waals surface area contributed by atoms with Gasteiger partial charge in [-0.1, -0.05) is 67.6 Å². The third-order valence-corrected chi connectivity index (χ3v) is 6.85. The SMILES string of the molecule is CCCc1ccccc1N1C(=O)C(C)S/C1=N\N=C\c1ccc(C(N)=NC=Nc2ccc(OC(F)(F)F)cc2)cc1. The molecule has 0 radical (unpaired) electrons. The van der Waals surface area contributed by atoms with Gasteiger partial charge in [0.2, 0.25) is 5.91 Å². The minimum atomic E-state index is -4.76. The fraction of sp³-hybridized carbons (Fsp3) is 0.207. The Morgan fingerprint density at radius 3 is 2.46 bits per heavy atom. The topological polar surface area (TPSA) is 105 Å². The van der Waals surface area contributed by atoms with Gasteiger partial charge in [0.1, 0.15) is 17.9 Å². The second-order valence-corrected chi connectivity index (χ2v) is 10.2. The molecule has 1 saturated heterocycles. The van der Waals surface area contributed by atoms with Crippen molar-refractivity contribution in [1.29, 1.82) is 0 Å². The standard InChI is InChI=1S/C29H27F3N6O2S/c1-3-6-21-7-4-5-8-25(21)38-27(39)19(2)41-28(38)37-36-17-20-9-11-22(12-10-20)26(33)35-18-34-23-13-15-24(16-14-23)40-29(30,31)32/h4-5,7-19H,3,6H2,1-2H3,(H2,33,34,35)/b36-17+,37-28-. The van der Waals surface area contributed by atoms with Crippen molar-refractivity contribution in [2.45, 2.75) is 38.3 Å². The zero-order valence-corrected chi connectivity index (χ0v) is 23.1. The van der Waals surface area contributed by atoms with Crippen molar-refractivity contribution in [3.05, 3.63) is 89.5 Å². The highest BCUT2D eigenvalue weighted by molar-refractivity contribution is 8.16. The molecule has 1 aliphatic heterocycles. The smallest absolute Gasteiger partial charge is 0.406 e. The van der Waals surface area contributed by atoms with Gasteiger partial charge in [0.15, 0.2) is 5.17 Å². The molecule has 212 valence electrons. The number of aryl methyl sites for hydroxylation is 1. The average molecular weight is 581 g/mol. The molecule has 3 aromatic rings. The maximum absolute atomic E-state index is 12.9. The number of aliphatic imine (C=N–C) groups is 2. The summed E-state index contributed by atoms with van der Waals surface area (Å²) in [6.45, 7) is 3.95. The molecule has 2 N–H and O–H groups in total. The van der Waals surface area contributed by atoms with Crippen molar-refractivity contribution >= 4 is 52.6 Å². The molecular formula is C29H27F3N6O2S. The third-order valence-electron chi connectivity index (χ3n) is 5.82. The van der Waals surface area contributed by atoms with E-state index in [-0.39, 0.29) is 22.7 Å². The van der Waals surface area contributed by atoms with E-state index >= 15 is 0 Å². The lowest BCUT2D eigenvalue weighted by Crippen LogP contribution is -2.32. The minimum absolute atomic E-state index is 0.0253. The van der Waals surface area contributed by atoms with E-state index in [1.807, 2.05) is 31.2 Å². The number of amides is 1. The Balaban J connectivity index is 1.41. The molecule has 1 aliphatic rings. The summed E-state index contributed by atoms with van der Waals surface area (Å²) < 4.78 is 40.6. The predicted molar refractivity (Wildman–Crippen MR) is 158 cm³/mol. The van der Waals surface area contributed by atoms with Gasteiger partial charge in [-0.3, -0.25) is 9.69 Å². The number of nitrogens with two attached hydrogens (primary N) is 1. The van der Waals surface area contributed by atoms with E-state index in [2.05, 4.69) is 31.8 Å². The predicted octanol–water partition coefficient (Wildman–Crippen LogP) is 6.46. The number of carbonyl (C=O) groups is 1. The fourth-order valence-electron chi connectivity index (χ4n) is 3.89. The molecule has 0 aliphatic carbocycles. The number of anilines is 1. The molecule has 1 atom stereocenters. The highest BCUT2D eigenvalue weighted by atomic mass is 32.2. The fourth-order valence-corrected chi connectivity index (χ4v) is 4.80. The van der Waals surface area contributed by atoms with Crippen molar-refractivity contribution in [2.24, 2.45) is 25.9 Å². The van der Waals surface area contributed by atoms with Crippen LogP contribution in [0.3, 0.4) is 0 Å².